The van der Waals surface area contributed by atoms with E-state index in [0.717, 1.165) is 11.3 Å². The zero-order chi connectivity index (χ0) is 13.8. The van der Waals surface area contributed by atoms with E-state index in [9.17, 15) is 9.59 Å². The van der Waals surface area contributed by atoms with Crippen LogP contribution < -0.4 is 10.7 Å². The van der Waals surface area contributed by atoms with Gasteiger partial charge < -0.3 is 10.3 Å². The first-order chi connectivity index (χ1) is 9.06. The predicted octanol–water partition coefficient (Wildman–Crippen LogP) is 1.92. The Morgan fingerprint density at radius 2 is 1.89 bits per heavy atom. The van der Waals surface area contributed by atoms with Crippen molar-refractivity contribution in [2.24, 2.45) is 0 Å². The van der Waals surface area contributed by atoms with Crippen LogP contribution >= 0.6 is 0 Å². The number of aryl methyl sites for hydroxylation is 2. The molecule has 4 heteroatoms. The first-order valence-corrected chi connectivity index (χ1v) is 6.09. The third kappa shape index (κ3) is 3.31. The second-order valence-corrected chi connectivity index (χ2v) is 4.56. The number of carbonyl (C=O) groups excluding carboxylic acids is 1. The van der Waals surface area contributed by atoms with Gasteiger partial charge in [-0.05, 0) is 19.4 Å². The van der Waals surface area contributed by atoms with E-state index in [1.165, 1.54) is 17.8 Å². The summed E-state index contributed by atoms with van der Waals surface area (Å²) in [5.41, 5.74) is 2.78. The molecular formula is C15H16N2O2. The summed E-state index contributed by atoms with van der Waals surface area (Å²) in [5, 5.41) is 2.74. The second-order valence-electron chi connectivity index (χ2n) is 4.56. The molecule has 0 aliphatic rings. The van der Waals surface area contributed by atoms with Crippen LogP contribution in [0.5, 0.6) is 0 Å². The van der Waals surface area contributed by atoms with Crippen molar-refractivity contribution in [2.75, 3.05) is 0 Å². The molecule has 2 N–H and O–H groups in total. The zero-order valence-electron chi connectivity index (χ0n) is 11.0. The molecule has 0 saturated carbocycles. The van der Waals surface area contributed by atoms with Crippen LogP contribution in [0.25, 0.3) is 0 Å². The number of nitrogens with one attached hydrogen (secondary N) is 2. The lowest BCUT2D eigenvalue weighted by Gasteiger charge is -2.05. The number of benzene rings is 1. The molecule has 0 atom stereocenters. The van der Waals surface area contributed by atoms with Crippen LogP contribution in [-0.2, 0) is 6.54 Å². The zero-order valence-corrected chi connectivity index (χ0v) is 11.0. The average Bonchev–Trinajstić information content (AvgIpc) is 2.37. The third-order valence-electron chi connectivity index (χ3n) is 2.88. The van der Waals surface area contributed by atoms with Crippen LogP contribution in [0.2, 0.25) is 0 Å². The van der Waals surface area contributed by atoms with Gasteiger partial charge in [0.2, 0.25) is 0 Å². The van der Waals surface area contributed by atoms with Gasteiger partial charge in [-0.3, -0.25) is 9.59 Å². The summed E-state index contributed by atoms with van der Waals surface area (Å²) < 4.78 is 0. The monoisotopic (exact) mass is 256 g/mol. The van der Waals surface area contributed by atoms with E-state index in [4.69, 9.17) is 0 Å². The Morgan fingerprint density at radius 1 is 1.21 bits per heavy atom. The molecule has 0 radical (unpaired) electrons. The number of aromatic amines is 1. The van der Waals surface area contributed by atoms with E-state index in [0.29, 0.717) is 6.54 Å². The van der Waals surface area contributed by atoms with Gasteiger partial charge in [-0.1, -0.05) is 29.8 Å². The molecule has 0 aliphatic heterocycles. The fraction of sp³-hybridized carbons (Fsp3) is 0.200. The number of rotatable bonds is 3. The summed E-state index contributed by atoms with van der Waals surface area (Å²) in [5.74, 6) is -0.359. The Balaban J connectivity index is 2.05. The fourth-order valence-corrected chi connectivity index (χ4v) is 1.73. The Bertz CT molecular complexity index is 642. The van der Waals surface area contributed by atoms with E-state index in [1.54, 1.807) is 6.92 Å². The number of hydrogen-bond acceptors (Lipinski definition) is 2. The SMILES string of the molecule is Cc1ccc(CNC(=O)c2c[nH]c(C)cc2=O)cc1. The third-order valence-corrected chi connectivity index (χ3v) is 2.88. The first-order valence-electron chi connectivity index (χ1n) is 6.09. The van der Waals surface area contributed by atoms with Crippen molar-refractivity contribution in [3.63, 3.8) is 0 Å². The lowest BCUT2D eigenvalue weighted by molar-refractivity contribution is 0.0949. The molecule has 0 unspecified atom stereocenters. The summed E-state index contributed by atoms with van der Waals surface area (Å²) in [4.78, 5) is 26.4. The maximum atomic E-state index is 11.9. The standard InChI is InChI=1S/C15H16N2O2/c1-10-3-5-12(6-4-10)8-17-15(19)13-9-16-11(2)7-14(13)18/h3-7,9H,8H2,1-2H3,(H,16,18)(H,17,19). The first kappa shape index (κ1) is 13.1. The van der Waals surface area contributed by atoms with Crippen molar-refractivity contribution >= 4 is 5.91 Å². The quantitative estimate of drug-likeness (QED) is 0.881. The summed E-state index contributed by atoms with van der Waals surface area (Å²) in [6.07, 6.45) is 1.45. The average molecular weight is 256 g/mol. The van der Waals surface area contributed by atoms with E-state index in [2.05, 4.69) is 10.3 Å². The number of H-pyrrole nitrogens is 1. The molecule has 1 heterocycles. The maximum absolute atomic E-state index is 11.9. The molecule has 2 aromatic rings. The van der Waals surface area contributed by atoms with Crippen LogP contribution in [0.3, 0.4) is 0 Å². The maximum Gasteiger partial charge on any atom is 0.257 e. The van der Waals surface area contributed by atoms with Crippen LogP contribution in [0, 0.1) is 13.8 Å². The van der Waals surface area contributed by atoms with Gasteiger partial charge in [0.15, 0.2) is 5.43 Å². The van der Waals surface area contributed by atoms with Crippen molar-refractivity contribution < 1.29 is 4.79 Å². The molecule has 2 rings (SSSR count). The molecular weight excluding hydrogens is 240 g/mol. The topological polar surface area (TPSA) is 62.0 Å². The minimum atomic E-state index is -0.359. The minimum Gasteiger partial charge on any atom is -0.364 e. The van der Waals surface area contributed by atoms with E-state index in [1.807, 2.05) is 31.2 Å². The predicted molar refractivity (Wildman–Crippen MR) is 74.1 cm³/mol. The Morgan fingerprint density at radius 3 is 2.53 bits per heavy atom. The molecule has 1 aromatic carbocycles. The Labute approximate surface area is 111 Å². The highest BCUT2D eigenvalue weighted by atomic mass is 16.2. The van der Waals surface area contributed by atoms with Crippen LogP contribution in [0.1, 0.15) is 27.2 Å². The summed E-state index contributed by atoms with van der Waals surface area (Å²) in [6.45, 7) is 4.19. The molecule has 0 aliphatic carbocycles. The van der Waals surface area contributed by atoms with Gasteiger partial charge in [-0.2, -0.15) is 0 Å². The van der Waals surface area contributed by atoms with Crippen molar-refractivity contribution in [3.05, 3.63) is 69.1 Å². The number of hydrogen-bond donors (Lipinski definition) is 2. The Kier molecular flexibility index (Phi) is 3.80. The molecule has 1 amide bonds. The molecule has 0 bridgehead atoms. The largest absolute Gasteiger partial charge is 0.364 e. The van der Waals surface area contributed by atoms with E-state index >= 15 is 0 Å². The lowest BCUT2D eigenvalue weighted by atomic mass is 10.1. The van der Waals surface area contributed by atoms with Crippen molar-refractivity contribution in [1.82, 2.24) is 10.3 Å². The van der Waals surface area contributed by atoms with E-state index in [-0.39, 0.29) is 16.9 Å². The highest BCUT2D eigenvalue weighted by Gasteiger charge is 2.09. The van der Waals surface area contributed by atoms with Crippen molar-refractivity contribution in [3.8, 4) is 0 Å². The second kappa shape index (κ2) is 5.52. The summed E-state index contributed by atoms with van der Waals surface area (Å²) in [6, 6.07) is 9.30. The molecule has 0 spiro atoms. The van der Waals surface area contributed by atoms with Crippen molar-refractivity contribution in [1.29, 1.82) is 0 Å². The molecule has 1 aromatic heterocycles. The normalized spacial score (nSPS) is 10.2. The highest BCUT2D eigenvalue weighted by Crippen LogP contribution is 2.03. The van der Waals surface area contributed by atoms with Gasteiger partial charge in [-0.15, -0.1) is 0 Å². The Hall–Kier alpha value is -2.36. The number of pyridine rings is 1. The molecule has 19 heavy (non-hydrogen) atoms. The summed E-state index contributed by atoms with van der Waals surface area (Å²) in [7, 11) is 0. The number of carbonyl (C=O) groups is 1. The van der Waals surface area contributed by atoms with Crippen LogP contribution in [0.4, 0.5) is 0 Å². The lowest BCUT2D eigenvalue weighted by Crippen LogP contribution is -2.28. The van der Waals surface area contributed by atoms with Crippen LogP contribution in [-0.4, -0.2) is 10.9 Å². The summed E-state index contributed by atoms with van der Waals surface area (Å²) >= 11 is 0. The molecule has 4 nitrogen and oxygen atoms in total. The number of aromatic nitrogens is 1. The highest BCUT2D eigenvalue weighted by molar-refractivity contribution is 5.93. The van der Waals surface area contributed by atoms with Gasteiger partial charge >= 0.3 is 0 Å². The minimum absolute atomic E-state index is 0.137. The smallest absolute Gasteiger partial charge is 0.257 e. The fourth-order valence-electron chi connectivity index (χ4n) is 1.73. The van der Waals surface area contributed by atoms with Gasteiger partial charge in [-0.25, -0.2) is 0 Å². The van der Waals surface area contributed by atoms with Crippen LogP contribution in [0.15, 0.2) is 41.3 Å². The van der Waals surface area contributed by atoms with Gasteiger partial charge in [0.05, 0.1) is 0 Å². The molecule has 98 valence electrons. The van der Waals surface area contributed by atoms with Crippen molar-refractivity contribution in [2.45, 2.75) is 20.4 Å². The van der Waals surface area contributed by atoms with Gasteiger partial charge in [0, 0.05) is 24.5 Å². The van der Waals surface area contributed by atoms with Gasteiger partial charge in [0.25, 0.3) is 5.91 Å². The molecule has 0 fully saturated rings. The number of amides is 1. The van der Waals surface area contributed by atoms with Gasteiger partial charge in [0.1, 0.15) is 5.56 Å². The molecule has 0 saturated heterocycles. The van der Waals surface area contributed by atoms with E-state index < -0.39 is 0 Å².